The maximum atomic E-state index is 13.4. The van der Waals surface area contributed by atoms with E-state index in [-0.39, 0.29) is 11.1 Å². The van der Waals surface area contributed by atoms with Crippen LogP contribution >= 0.6 is 21.6 Å². The summed E-state index contributed by atoms with van der Waals surface area (Å²) in [6.45, 7) is 24.5. The van der Waals surface area contributed by atoms with Crippen LogP contribution in [-0.2, 0) is 4.79 Å². The van der Waals surface area contributed by atoms with Crippen molar-refractivity contribution in [1.82, 2.24) is 10.2 Å². The van der Waals surface area contributed by atoms with E-state index in [1.807, 2.05) is 10.8 Å². The number of carbonyl (C=O) groups is 1. The smallest absolute Gasteiger partial charge is 0.223 e. The molecule has 0 unspecified atom stereocenters. The third-order valence-corrected chi connectivity index (χ3v) is 17.1. The topological polar surface area (TPSA) is 84.4 Å². The second-order valence-electron chi connectivity index (χ2n) is 20.1. The van der Waals surface area contributed by atoms with Gasteiger partial charge in [-0.25, -0.2) is 0 Å². The average molecular weight is 747 g/mol. The summed E-state index contributed by atoms with van der Waals surface area (Å²) in [5.74, 6) is 6.58. The minimum Gasteiger partial charge on any atom is -0.343 e. The molecule has 7 heteroatoms. The molecule has 0 aliphatic heterocycles. The monoisotopic (exact) mass is 747 g/mol. The predicted molar refractivity (Wildman–Crippen MR) is 226 cm³/mol. The lowest BCUT2D eigenvalue weighted by Gasteiger charge is -2.58. The minimum atomic E-state index is -0.259. The zero-order valence-corrected chi connectivity index (χ0v) is 36.4. The van der Waals surface area contributed by atoms with Crippen LogP contribution in [0.15, 0.2) is 11.6 Å². The first-order valence-corrected chi connectivity index (χ1v) is 23.9. The van der Waals surface area contributed by atoms with E-state index in [4.69, 9.17) is 11.5 Å². The highest BCUT2D eigenvalue weighted by Crippen LogP contribution is 2.67. The number of allylic oxidation sites excluding steroid dienone is 2. The van der Waals surface area contributed by atoms with Gasteiger partial charge in [0.05, 0.1) is 0 Å². The molecule has 3 fully saturated rings. The molecule has 4 rings (SSSR count). The third kappa shape index (κ3) is 12.4. The number of fused-ring (bicyclic) bond motifs is 5. The van der Waals surface area contributed by atoms with Crippen LogP contribution in [0.25, 0.3) is 0 Å². The van der Waals surface area contributed by atoms with Crippen molar-refractivity contribution in [2.24, 2.45) is 57.8 Å². The van der Waals surface area contributed by atoms with Crippen molar-refractivity contribution < 1.29 is 4.79 Å². The van der Waals surface area contributed by atoms with E-state index in [9.17, 15) is 4.79 Å². The van der Waals surface area contributed by atoms with Crippen LogP contribution in [-0.4, -0.2) is 59.1 Å². The standard InChI is InChI=1S/C44H82N4OS2/c1-32(2)13-12-14-33(3)37-17-18-38-36-16-15-34-31-35(19-22-43(34,8)39(36)20-23-44(37,38)9)51-50-30-21-40(49)48(29-25-42(6,7)46)28-11-10-26-47-27-24-41(4,5)45/h15,32-33,35-39,47H,10-14,16-31,45-46H2,1-9H3/t33-,35+,36+,37-,38+,39+,43+,44-/m1/s1. The van der Waals surface area contributed by atoms with Gasteiger partial charge >= 0.3 is 0 Å². The first-order chi connectivity index (χ1) is 23.9. The maximum Gasteiger partial charge on any atom is 0.223 e. The first kappa shape index (κ1) is 43.5. The Morgan fingerprint density at radius 1 is 0.922 bits per heavy atom. The normalized spacial score (nSPS) is 31.5. The molecule has 0 aromatic heterocycles. The number of carbonyl (C=O) groups excluding carboxylic acids is 1. The first-order valence-electron chi connectivity index (χ1n) is 21.5. The molecule has 0 radical (unpaired) electrons. The van der Waals surface area contributed by atoms with Gasteiger partial charge in [0.25, 0.3) is 0 Å². The Morgan fingerprint density at radius 2 is 1.67 bits per heavy atom. The largest absolute Gasteiger partial charge is 0.343 e. The fourth-order valence-corrected chi connectivity index (χ4v) is 13.7. The molecule has 5 nitrogen and oxygen atoms in total. The van der Waals surface area contributed by atoms with Gasteiger partial charge in [-0.2, -0.15) is 0 Å². The van der Waals surface area contributed by atoms with Crippen molar-refractivity contribution in [2.45, 2.75) is 181 Å². The summed E-state index contributed by atoms with van der Waals surface area (Å²) in [4.78, 5) is 15.5. The fraction of sp³-hybridized carbons (Fsp3) is 0.932. The predicted octanol–water partition coefficient (Wildman–Crippen LogP) is 10.6. The Labute approximate surface area is 324 Å². The Morgan fingerprint density at radius 3 is 2.37 bits per heavy atom. The summed E-state index contributed by atoms with van der Waals surface area (Å²) < 4.78 is 0. The van der Waals surface area contributed by atoms with Crippen molar-refractivity contribution >= 4 is 27.5 Å². The molecule has 0 saturated heterocycles. The summed E-state index contributed by atoms with van der Waals surface area (Å²) in [5.41, 5.74) is 14.8. The number of amides is 1. The van der Waals surface area contributed by atoms with Crippen LogP contribution in [0.1, 0.15) is 165 Å². The summed E-state index contributed by atoms with van der Waals surface area (Å²) >= 11 is 0. The molecule has 3 saturated carbocycles. The number of unbranched alkanes of at least 4 members (excludes halogenated alkanes) is 1. The summed E-state index contributed by atoms with van der Waals surface area (Å²) in [5, 5.41) is 4.20. The highest BCUT2D eigenvalue weighted by molar-refractivity contribution is 8.76. The molecule has 4 aliphatic rings. The van der Waals surface area contributed by atoms with Crippen LogP contribution in [0.2, 0.25) is 0 Å². The third-order valence-electron chi connectivity index (χ3n) is 14.2. The second-order valence-corrected chi connectivity index (χ2v) is 22.9. The van der Waals surface area contributed by atoms with Crippen molar-refractivity contribution in [3.05, 3.63) is 11.6 Å². The van der Waals surface area contributed by atoms with Gasteiger partial charge in [0.2, 0.25) is 5.91 Å². The lowest BCUT2D eigenvalue weighted by atomic mass is 9.47. The van der Waals surface area contributed by atoms with E-state index in [0.717, 1.165) is 93.1 Å². The lowest BCUT2D eigenvalue weighted by Crippen LogP contribution is -2.50. The van der Waals surface area contributed by atoms with Gasteiger partial charge in [-0.3, -0.25) is 4.79 Å². The summed E-state index contributed by atoms with van der Waals surface area (Å²) in [6, 6.07) is 0. The molecule has 51 heavy (non-hydrogen) atoms. The summed E-state index contributed by atoms with van der Waals surface area (Å²) in [6.07, 6.45) is 22.7. The van der Waals surface area contributed by atoms with E-state index in [1.165, 1.54) is 70.6 Å². The zero-order valence-electron chi connectivity index (χ0n) is 34.8. The number of nitrogens with two attached hydrogens (primary N) is 2. The van der Waals surface area contributed by atoms with Gasteiger partial charge in [0.1, 0.15) is 0 Å². The summed E-state index contributed by atoms with van der Waals surface area (Å²) in [7, 11) is 4.03. The van der Waals surface area contributed by atoms with E-state index in [1.54, 1.807) is 5.57 Å². The van der Waals surface area contributed by atoms with Gasteiger partial charge in [-0.15, -0.1) is 0 Å². The van der Waals surface area contributed by atoms with Gasteiger partial charge in [-0.1, -0.05) is 87.1 Å². The lowest BCUT2D eigenvalue weighted by molar-refractivity contribution is -0.131. The number of nitrogens with zero attached hydrogens (tertiary/aromatic N) is 1. The van der Waals surface area contributed by atoms with Crippen molar-refractivity contribution in [3.63, 3.8) is 0 Å². The number of hydrogen-bond acceptors (Lipinski definition) is 6. The van der Waals surface area contributed by atoms with E-state index < -0.39 is 0 Å². The average Bonchev–Trinajstić information content (AvgIpc) is 3.40. The SMILES string of the molecule is CC(C)CCC[C@@H](C)[C@H]1CC[C@H]2[C@@H]3CC=C4C[C@@H](SSCCC(=O)N(CCCCNCCC(C)(C)N)CCC(C)(C)N)CC[C@]4(C)[C@H]3CC[C@]12C. The molecule has 0 heterocycles. The molecule has 0 aromatic carbocycles. The van der Waals surface area contributed by atoms with Gasteiger partial charge in [0.15, 0.2) is 0 Å². The molecule has 5 N–H and O–H groups in total. The van der Waals surface area contributed by atoms with Gasteiger partial charge < -0.3 is 21.7 Å². The zero-order chi connectivity index (χ0) is 37.5. The van der Waals surface area contributed by atoms with Crippen molar-refractivity contribution in [2.75, 3.05) is 31.9 Å². The Kier molecular flexibility index (Phi) is 16.3. The number of hydrogen-bond donors (Lipinski definition) is 3. The van der Waals surface area contributed by atoms with Crippen LogP contribution in [0.4, 0.5) is 0 Å². The molecule has 4 aliphatic carbocycles. The minimum absolute atomic E-state index is 0.126. The Hall–Kier alpha value is -0.210. The van der Waals surface area contributed by atoms with E-state index in [0.29, 0.717) is 28.4 Å². The van der Waals surface area contributed by atoms with Crippen LogP contribution in [0.3, 0.4) is 0 Å². The van der Waals surface area contributed by atoms with Gasteiger partial charge in [-0.05, 0) is 164 Å². The molecule has 296 valence electrons. The van der Waals surface area contributed by atoms with E-state index >= 15 is 0 Å². The molecule has 1 amide bonds. The van der Waals surface area contributed by atoms with Gasteiger partial charge in [0, 0.05) is 41.6 Å². The number of rotatable bonds is 21. The van der Waals surface area contributed by atoms with Crippen LogP contribution in [0, 0.1) is 46.3 Å². The Balaban J connectivity index is 1.22. The van der Waals surface area contributed by atoms with E-state index in [2.05, 4.69) is 89.4 Å². The maximum absolute atomic E-state index is 13.4. The fourth-order valence-electron chi connectivity index (χ4n) is 11.0. The van der Waals surface area contributed by atoms with Crippen molar-refractivity contribution in [3.8, 4) is 0 Å². The van der Waals surface area contributed by atoms with Crippen LogP contribution < -0.4 is 16.8 Å². The molecule has 0 spiro atoms. The molecular weight excluding hydrogens is 665 g/mol. The molecular formula is C44H82N4OS2. The molecule has 8 atom stereocenters. The highest BCUT2D eigenvalue weighted by atomic mass is 33.1. The molecule has 0 aromatic rings. The Bertz CT molecular complexity index is 1110. The van der Waals surface area contributed by atoms with Crippen molar-refractivity contribution in [1.29, 1.82) is 0 Å². The number of nitrogens with one attached hydrogen (secondary N) is 1. The highest BCUT2D eigenvalue weighted by Gasteiger charge is 2.59. The van der Waals surface area contributed by atoms with Crippen LogP contribution in [0.5, 0.6) is 0 Å². The quantitative estimate of drug-likeness (QED) is 0.0616. The second kappa shape index (κ2) is 19.1. The molecule has 0 bridgehead atoms.